The van der Waals surface area contributed by atoms with Crippen molar-refractivity contribution in [3.8, 4) is 45.6 Å². The number of benzene rings is 4. The van der Waals surface area contributed by atoms with Gasteiger partial charge in [0.15, 0.2) is 0 Å². The Hall–Kier alpha value is -2.67. The molecule has 0 radical (unpaired) electrons. The Balaban J connectivity index is 0.00000348. The minimum atomic E-state index is 0. The van der Waals surface area contributed by atoms with Gasteiger partial charge in [-0.3, -0.25) is 0 Å². The van der Waals surface area contributed by atoms with Gasteiger partial charge in [-0.2, -0.15) is 0 Å². The summed E-state index contributed by atoms with van der Waals surface area (Å²) in [6, 6.07) is 13.4. The summed E-state index contributed by atoms with van der Waals surface area (Å²) >= 11 is 51.7. The molecule has 234 valence electrons. The van der Waals surface area contributed by atoms with Crippen molar-refractivity contribution in [3.05, 3.63) is 88.7 Å². The summed E-state index contributed by atoms with van der Waals surface area (Å²) in [5, 5.41) is 4.73. The molecule has 0 aliphatic carbocycles. The Morgan fingerprint density at radius 1 is 0.306 bits per heavy atom. The Kier molecular flexibility index (Phi) is 8.36. The first-order valence-electron chi connectivity index (χ1n) is 13.7. The normalized spacial score (nSPS) is 11.9. The third kappa shape index (κ3) is 5.42. The van der Waals surface area contributed by atoms with Gasteiger partial charge in [0.2, 0.25) is 0 Å². The molecule has 0 N–H and O–H groups in total. The molecule has 0 spiro atoms. The van der Waals surface area contributed by atoms with Gasteiger partial charge >= 0.3 is 23.1 Å². The molecule has 17 heteroatoms. The van der Waals surface area contributed by atoms with Gasteiger partial charge in [0.1, 0.15) is 0 Å². The zero-order valence-electron chi connectivity index (χ0n) is 23.9. The van der Waals surface area contributed by atoms with Crippen LogP contribution in [0.1, 0.15) is 0 Å². The summed E-state index contributed by atoms with van der Waals surface area (Å²) in [6.07, 6.45) is 0. The molecule has 0 unspecified atom stereocenters. The van der Waals surface area contributed by atoms with E-state index in [4.69, 9.17) is 133 Å². The maximum Gasteiger partial charge on any atom is 2.00 e. The van der Waals surface area contributed by atoms with Crippen LogP contribution in [0.25, 0.3) is 89.7 Å². The van der Waals surface area contributed by atoms with Crippen molar-refractivity contribution in [2.24, 2.45) is 0 Å². The Bertz CT molecular complexity index is 2430. The SMILES string of the molecule is Clc1cc2c(cc1Cl)-c1nc-2nc2[n-]c(nc3nc(nc4[n-]c(n1)c1cc(Cl)c(Cl)cc41)-c1cc(Cl)c(Cl)cc1-3)c1cc(Cl)c(Cl)cc21.[Mg+2]. The van der Waals surface area contributed by atoms with Crippen LogP contribution in [0.3, 0.4) is 0 Å². The largest absolute Gasteiger partial charge is 2.00 e. The molecule has 0 saturated heterocycles. The minimum Gasteiger partial charge on any atom is -0.357 e. The molecular weight excluding hydrogens is 804 g/mol. The van der Waals surface area contributed by atoms with Crippen LogP contribution >= 0.6 is 92.8 Å². The predicted octanol–water partition coefficient (Wildman–Crippen LogP) is 11.0. The first kappa shape index (κ1) is 33.5. The summed E-state index contributed by atoms with van der Waals surface area (Å²) in [4.78, 5) is 38.6. The van der Waals surface area contributed by atoms with E-state index in [-0.39, 0.29) is 68.9 Å². The first-order valence-corrected chi connectivity index (χ1v) is 16.7. The maximum atomic E-state index is 6.47. The molecule has 9 rings (SSSR count). The van der Waals surface area contributed by atoms with Crippen LogP contribution in [0.4, 0.5) is 0 Å². The van der Waals surface area contributed by atoms with E-state index < -0.39 is 0 Å². The summed E-state index contributed by atoms with van der Waals surface area (Å²) < 4.78 is 0. The number of hydrogen-bond donors (Lipinski definition) is 0. The number of nitrogens with zero attached hydrogens (tertiary/aromatic N) is 8. The second-order valence-corrected chi connectivity index (χ2v) is 14.0. The fraction of sp³-hybridized carbons (Fsp3) is 0. The summed E-state index contributed by atoms with van der Waals surface area (Å²) in [6.45, 7) is 0. The van der Waals surface area contributed by atoms with Crippen molar-refractivity contribution in [3.63, 3.8) is 0 Å². The van der Waals surface area contributed by atoms with Crippen molar-refractivity contribution in [2.45, 2.75) is 0 Å². The molecule has 49 heavy (non-hydrogen) atoms. The van der Waals surface area contributed by atoms with Crippen LogP contribution in [0.15, 0.2) is 48.5 Å². The quantitative estimate of drug-likeness (QED) is 0.139. The number of rotatable bonds is 0. The summed E-state index contributed by atoms with van der Waals surface area (Å²) in [5.41, 5.74) is 3.38. The van der Waals surface area contributed by atoms with Crippen LogP contribution in [-0.2, 0) is 0 Å². The Morgan fingerprint density at radius 3 is 0.735 bits per heavy atom. The van der Waals surface area contributed by atoms with Crippen molar-refractivity contribution in [1.82, 2.24) is 39.9 Å². The van der Waals surface area contributed by atoms with E-state index in [0.717, 1.165) is 0 Å². The van der Waals surface area contributed by atoms with Gasteiger partial charge in [0.05, 0.1) is 63.5 Å². The number of fused-ring (bicyclic) bond motifs is 20. The van der Waals surface area contributed by atoms with Crippen molar-refractivity contribution in [1.29, 1.82) is 0 Å². The summed E-state index contributed by atoms with van der Waals surface area (Å²) in [7, 11) is 0. The molecule has 8 nitrogen and oxygen atoms in total. The molecular formula is C32H8Cl8MgN8. The second-order valence-electron chi connectivity index (χ2n) is 10.7. The van der Waals surface area contributed by atoms with Crippen LogP contribution in [0.5, 0.6) is 0 Å². The second kappa shape index (κ2) is 12.2. The Morgan fingerprint density at radius 2 is 0.510 bits per heavy atom. The maximum absolute atomic E-state index is 6.47. The van der Waals surface area contributed by atoms with Gasteiger partial charge in [0.25, 0.3) is 0 Å². The zero-order chi connectivity index (χ0) is 33.2. The van der Waals surface area contributed by atoms with Crippen molar-refractivity contribution < 1.29 is 0 Å². The molecule has 0 saturated carbocycles. The van der Waals surface area contributed by atoms with Gasteiger partial charge in [-0.1, -0.05) is 92.8 Å². The van der Waals surface area contributed by atoms with Crippen molar-refractivity contribution >= 4 is 160 Å². The molecule has 4 aromatic carbocycles. The third-order valence-corrected chi connectivity index (χ3v) is 10.8. The molecule has 7 aromatic rings. The number of halogens is 8. The standard InChI is InChI=1S/C32H8Cl8N8.Mg/c33-17-1-9-10(2-18(17)34)26-41-25(9)45-27-11-3-19(35)20(36)4-12(11)29(42-27)47-31-15-7-23(39)24(40)8-16(15)32(44-31)48-30-14-6-22(38)21(37)5-13(14)28(43-30)46-26;/h1-8H;/q-2;+2. The topological polar surface area (TPSA) is 106 Å². The van der Waals surface area contributed by atoms with Crippen LogP contribution in [0.2, 0.25) is 40.2 Å². The van der Waals surface area contributed by atoms with Crippen LogP contribution < -0.4 is 9.97 Å². The van der Waals surface area contributed by atoms with Crippen molar-refractivity contribution in [2.75, 3.05) is 0 Å². The van der Waals surface area contributed by atoms with E-state index in [9.17, 15) is 0 Å². The zero-order valence-corrected chi connectivity index (χ0v) is 31.4. The van der Waals surface area contributed by atoms with E-state index >= 15 is 0 Å². The average molecular weight is 812 g/mol. The van der Waals surface area contributed by atoms with E-state index in [1.165, 1.54) is 0 Å². The number of aromatic nitrogens is 8. The third-order valence-electron chi connectivity index (χ3n) is 7.86. The van der Waals surface area contributed by atoms with E-state index in [2.05, 4.69) is 0 Å². The monoisotopic (exact) mass is 808 g/mol. The van der Waals surface area contributed by atoms with Gasteiger partial charge in [-0.05, 0) is 70.1 Å². The molecule has 0 fully saturated rings. The number of hydrogen-bond acceptors (Lipinski definition) is 6. The molecule has 2 aliphatic rings. The molecule has 2 aliphatic heterocycles. The van der Waals surface area contributed by atoms with Gasteiger partial charge in [0, 0.05) is 44.8 Å². The fourth-order valence-electron chi connectivity index (χ4n) is 5.63. The van der Waals surface area contributed by atoms with Gasteiger partial charge in [-0.25, -0.2) is 9.97 Å². The van der Waals surface area contributed by atoms with Gasteiger partial charge in [-0.15, -0.1) is 0 Å². The molecule has 0 amide bonds. The predicted molar refractivity (Wildman–Crippen MR) is 200 cm³/mol. The molecule has 8 bridgehead atoms. The van der Waals surface area contributed by atoms with E-state index in [0.29, 0.717) is 84.0 Å². The molecule has 0 atom stereocenters. The smallest absolute Gasteiger partial charge is 0.357 e. The van der Waals surface area contributed by atoms with Gasteiger partial charge < -0.3 is 29.9 Å². The molecule has 5 heterocycles. The fourth-order valence-corrected chi connectivity index (χ4v) is 6.94. The first-order chi connectivity index (χ1) is 23.0. The Labute approximate surface area is 331 Å². The van der Waals surface area contributed by atoms with E-state index in [1.807, 2.05) is 0 Å². The average Bonchev–Trinajstić information content (AvgIpc) is 3.74. The minimum absolute atomic E-state index is 0. The summed E-state index contributed by atoms with van der Waals surface area (Å²) in [5.74, 6) is 1.09. The van der Waals surface area contributed by atoms with Crippen LogP contribution in [-0.4, -0.2) is 53.0 Å². The van der Waals surface area contributed by atoms with Crippen LogP contribution in [0, 0.1) is 0 Å². The molecule has 3 aromatic heterocycles. The van der Waals surface area contributed by atoms with E-state index in [1.54, 1.807) is 48.5 Å².